The van der Waals surface area contributed by atoms with Crippen molar-refractivity contribution >= 4 is 29.3 Å². The zero-order valence-corrected chi connectivity index (χ0v) is 28.4. The fraction of sp³-hybridized carbons (Fsp3) is 0.297. The van der Waals surface area contributed by atoms with Crippen LogP contribution in [0.4, 0.5) is 4.39 Å². The molecule has 5 aromatic rings. The molecule has 3 heterocycles. The number of hydrogen-bond donors (Lipinski definition) is 1. The molecule has 1 unspecified atom stereocenters. The lowest BCUT2D eigenvalue weighted by molar-refractivity contribution is -0.132. The Hall–Kier alpha value is -4.25. The summed E-state index contributed by atoms with van der Waals surface area (Å²) >= 11 is 7.44. The molecule has 1 N–H and O–H groups in total. The summed E-state index contributed by atoms with van der Waals surface area (Å²) in [5, 5.41) is 7.99. The topological polar surface area (TPSA) is 87.1 Å². The number of rotatable bonds is 13. The second-order valence-electron chi connectivity index (χ2n) is 12.1. The van der Waals surface area contributed by atoms with Gasteiger partial charge in [-0.15, -0.1) is 0 Å². The van der Waals surface area contributed by atoms with Gasteiger partial charge in [0.05, 0.1) is 6.20 Å². The lowest BCUT2D eigenvalue weighted by Crippen LogP contribution is -2.39. The molecule has 6 rings (SSSR count). The number of nitrogens with zero attached hydrogens (tertiary/aromatic N) is 5. The van der Waals surface area contributed by atoms with Crippen LogP contribution in [0.25, 0.3) is 11.1 Å². The summed E-state index contributed by atoms with van der Waals surface area (Å²) in [6.45, 7) is 5.87. The zero-order chi connectivity index (χ0) is 33.5. The van der Waals surface area contributed by atoms with Crippen LogP contribution in [0.15, 0.2) is 101 Å². The van der Waals surface area contributed by atoms with E-state index in [-0.39, 0.29) is 29.7 Å². The SMILES string of the molecule is CC(c1cn[nH]c1)c1cn(CC(=O)N(CCN2CCCC2)Cc2ccc(-c3ccc(Cl)cc3)cc2)c(SCc2ccc(F)cc2)nc1=O. The van der Waals surface area contributed by atoms with Gasteiger partial charge in [0.2, 0.25) is 5.91 Å². The third-order valence-electron chi connectivity index (χ3n) is 8.80. The first-order valence-electron chi connectivity index (χ1n) is 16.1. The molecular formula is C37H38ClFN6O2S. The number of benzene rings is 3. The number of amides is 1. The van der Waals surface area contributed by atoms with E-state index in [0.29, 0.717) is 34.6 Å². The van der Waals surface area contributed by atoms with Gasteiger partial charge in [-0.2, -0.15) is 10.1 Å². The van der Waals surface area contributed by atoms with Crippen molar-refractivity contribution in [2.24, 2.45) is 0 Å². The molecule has 0 radical (unpaired) electrons. The van der Waals surface area contributed by atoms with Crippen molar-refractivity contribution in [1.29, 1.82) is 0 Å². The molecule has 8 nitrogen and oxygen atoms in total. The molecule has 1 fully saturated rings. The second-order valence-corrected chi connectivity index (χ2v) is 13.5. The standard InChI is InChI=1S/C37H38ClFN6O2S/c1-26(31-20-40-41-21-31)34-23-45(37(42-36(34)47)48-25-28-6-14-33(39)15-7-28)24-35(46)44(19-18-43-16-2-3-17-43)22-27-4-8-29(9-5-27)30-10-12-32(38)13-11-30/h4-15,20-21,23,26H,2-3,16-19,22,24-25H2,1H3,(H,40,41). The van der Waals surface area contributed by atoms with Gasteiger partial charge in [0.15, 0.2) is 5.16 Å². The van der Waals surface area contributed by atoms with Crippen LogP contribution >= 0.6 is 23.4 Å². The highest BCUT2D eigenvalue weighted by molar-refractivity contribution is 7.98. The van der Waals surface area contributed by atoms with Crippen LogP contribution in [0.5, 0.6) is 0 Å². The number of thioether (sulfide) groups is 1. The Bertz CT molecular complexity index is 1860. The minimum absolute atomic E-state index is 0.0208. The van der Waals surface area contributed by atoms with Crippen LogP contribution in [-0.2, 0) is 23.6 Å². The van der Waals surface area contributed by atoms with Crippen molar-refractivity contribution in [3.8, 4) is 11.1 Å². The molecule has 1 atom stereocenters. The van der Waals surface area contributed by atoms with Gasteiger partial charge in [0.1, 0.15) is 12.4 Å². The predicted molar refractivity (Wildman–Crippen MR) is 189 cm³/mol. The van der Waals surface area contributed by atoms with Gasteiger partial charge in [0, 0.05) is 54.3 Å². The molecule has 0 bridgehead atoms. The summed E-state index contributed by atoms with van der Waals surface area (Å²) in [4.78, 5) is 36.3. The van der Waals surface area contributed by atoms with Crippen LogP contribution in [0, 0.1) is 5.82 Å². The van der Waals surface area contributed by atoms with Crippen molar-refractivity contribution in [2.45, 2.75) is 49.7 Å². The molecule has 1 amide bonds. The van der Waals surface area contributed by atoms with Gasteiger partial charge in [-0.1, -0.05) is 78.8 Å². The first-order chi connectivity index (χ1) is 23.3. The van der Waals surface area contributed by atoms with E-state index in [0.717, 1.165) is 47.5 Å². The Morgan fingerprint density at radius 3 is 2.33 bits per heavy atom. The summed E-state index contributed by atoms with van der Waals surface area (Å²) in [5.74, 6) is -0.176. The molecule has 48 heavy (non-hydrogen) atoms. The van der Waals surface area contributed by atoms with E-state index in [4.69, 9.17) is 11.6 Å². The van der Waals surface area contributed by atoms with Gasteiger partial charge in [0.25, 0.3) is 5.56 Å². The van der Waals surface area contributed by atoms with E-state index < -0.39 is 0 Å². The average molecular weight is 685 g/mol. The highest BCUT2D eigenvalue weighted by atomic mass is 35.5. The van der Waals surface area contributed by atoms with Crippen LogP contribution in [0.1, 0.15) is 47.9 Å². The van der Waals surface area contributed by atoms with Crippen LogP contribution < -0.4 is 5.56 Å². The number of likely N-dealkylation sites (tertiary alicyclic amines) is 1. The number of hydrogen-bond acceptors (Lipinski definition) is 6. The largest absolute Gasteiger partial charge is 0.336 e. The zero-order valence-electron chi connectivity index (χ0n) is 26.8. The van der Waals surface area contributed by atoms with Gasteiger partial charge in [-0.05, 0) is 78.0 Å². The van der Waals surface area contributed by atoms with E-state index in [9.17, 15) is 14.0 Å². The third-order valence-corrected chi connectivity index (χ3v) is 10.1. The Kier molecular flexibility index (Phi) is 11.1. The highest BCUT2D eigenvalue weighted by Crippen LogP contribution is 2.26. The number of carbonyl (C=O) groups is 1. The summed E-state index contributed by atoms with van der Waals surface area (Å²) in [6, 6.07) is 22.3. The van der Waals surface area contributed by atoms with Crippen molar-refractivity contribution in [1.82, 2.24) is 29.5 Å². The van der Waals surface area contributed by atoms with Gasteiger partial charge in [-0.3, -0.25) is 14.7 Å². The Morgan fingerprint density at radius 1 is 1.00 bits per heavy atom. The number of carbonyl (C=O) groups excluding carboxylic acids is 1. The molecule has 11 heteroatoms. The average Bonchev–Trinajstić information content (AvgIpc) is 3.83. The number of aromatic nitrogens is 4. The second kappa shape index (κ2) is 15.8. The minimum Gasteiger partial charge on any atom is -0.336 e. The van der Waals surface area contributed by atoms with E-state index in [2.05, 4.69) is 44.3 Å². The number of nitrogens with one attached hydrogen (secondary N) is 1. The summed E-state index contributed by atoms with van der Waals surface area (Å²) in [5.41, 5.74) is 5.06. The molecule has 0 spiro atoms. The Balaban J connectivity index is 1.26. The van der Waals surface area contributed by atoms with E-state index >= 15 is 0 Å². The van der Waals surface area contributed by atoms with Crippen molar-refractivity contribution < 1.29 is 9.18 Å². The molecule has 1 aliphatic heterocycles. The maximum Gasteiger partial charge on any atom is 0.277 e. The maximum absolute atomic E-state index is 14.2. The quantitative estimate of drug-likeness (QED) is 0.106. The van der Waals surface area contributed by atoms with Crippen LogP contribution in [0.3, 0.4) is 0 Å². The first-order valence-corrected chi connectivity index (χ1v) is 17.5. The molecule has 1 saturated heterocycles. The molecule has 248 valence electrons. The highest BCUT2D eigenvalue weighted by Gasteiger charge is 2.22. The summed E-state index contributed by atoms with van der Waals surface area (Å²) in [6.07, 6.45) is 7.56. The fourth-order valence-corrected chi connectivity index (χ4v) is 6.94. The normalized spacial score (nSPS) is 13.9. The molecule has 0 saturated carbocycles. The van der Waals surface area contributed by atoms with Crippen molar-refractivity contribution in [3.63, 3.8) is 0 Å². The molecule has 1 aliphatic rings. The van der Waals surface area contributed by atoms with Gasteiger partial charge < -0.3 is 14.4 Å². The predicted octanol–water partition coefficient (Wildman–Crippen LogP) is 6.99. The first kappa shape index (κ1) is 33.6. The fourth-order valence-electron chi connectivity index (χ4n) is 5.90. The molecule has 0 aliphatic carbocycles. The van der Waals surface area contributed by atoms with E-state index in [1.54, 1.807) is 35.3 Å². The number of H-pyrrole nitrogens is 1. The number of aromatic amines is 1. The van der Waals surface area contributed by atoms with Gasteiger partial charge in [-0.25, -0.2) is 4.39 Å². The summed E-state index contributed by atoms with van der Waals surface area (Å²) < 4.78 is 15.3. The lowest BCUT2D eigenvalue weighted by Gasteiger charge is -2.27. The van der Waals surface area contributed by atoms with Crippen molar-refractivity contribution in [2.75, 3.05) is 26.2 Å². The van der Waals surface area contributed by atoms with Crippen LogP contribution in [-0.4, -0.2) is 61.6 Å². The molecular weight excluding hydrogens is 647 g/mol. The van der Waals surface area contributed by atoms with Crippen molar-refractivity contribution in [3.05, 3.63) is 135 Å². The van der Waals surface area contributed by atoms with Crippen LogP contribution in [0.2, 0.25) is 5.02 Å². The third kappa shape index (κ3) is 8.61. The Morgan fingerprint density at radius 2 is 1.67 bits per heavy atom. The lowest BCUT2D eigenvalue weighted by atomic mass is 9.98. The minimum atomic E-state index is -0.347. The van der Waals surface area contributed by atoms with E-state index in [1.807, 2.05) is 36.1 Å². The Labute approximate surface area is 289 Å². The molecule has 3 aromatic carbocycles. The summed E-state index contributed by atoms with van der Waals surface area (Å²) in [7, 11) is 0. The van der Waals surface area contributed by atoms with Gasteiger partial charge >= 0.3 is 0 Å². The maximum atomic E-state index is 14.2. The molecule has 2 aromatic heterocycles. The van der Waals surface area contributed by atoms with E-state index in [1.165, 1.54) is 36.7 Å². The monoisotopic (exact) mass is 684 g/mol. The smallest absolute Gasteiger partial charge is 0.277 e. The number of halogens is 2.